The normalized spacial score (nSPS) is 18.3. The molecule has 22 heavy (non-hydrogen) atoms. The SMILES string of the molecule is O=C1c2cc(OC(F)(F)F)ccc2S(O)(O)N1CCCCBr. The van der Waals surface area contributed by atoms with Crippen molar-refractivity contribution in [1.82, 2.24) is 4.31 Å². The van der Waals surface area contributed by atoms with Gasteiger partial charge in [-0.2, -0.15) is 0 Å². The van der Waals surface area contributed by atoms with Gasteiger partial charge in [-0.25, -0.2) is 4.31 Å². The van der Waals surface area contributed by atoms with E-state index < -0.39 is 28.8 Å². The number of carbonyl (C=O) groups is 1. The van der Waals surface area contributed by atoms with Gasteiger partial charge in [0.1, 0.15) is 5.75 Å². The molecule has 0 spiro atoms. The molecule has 0 atom stereocenters. The third kappa shape index (κ3) is 3.50. The molecule has 1 heterocycles. The van der Waals surface area contributed by atoms with Crippen molar-refractivity contribution in [3.05, 3.63) is 23.8 Å². The van der Waals surface area contributed by atoms with Crippen molar-refractivity contribution < 1.29 is 31.8 Å². The van der Waals surface area contributed by atoms with Crippen LogP contribution in [0.15, 0.2) is 23.1 Å². The molecule has 5 nitrogen and oxygen atoms in total. The van der Waals surface area contributed by atoms with Crippen molar-refractivity contribution in [2.45, 2.75) is 24.1 Å². The summed E-state index contributed by atoms with van der Waals surface area (Å²) in [6.07, 6.45) is -3.63. The molecular weight excluding hydrogens is 391 g/mol. The molecule has 0 saturated carbocycles. The molecule has 1 aliphatic heterocycles. The Balaban J connectivity index is 2.28. The van der Waals surface area contributed by atoms with Gasteiger partial charge in [-0.05, 0) is 31.0 Å². The largest absolute Gasteiger partial charge is 0.573 e. The van der Waals surface area contributed by atoms with Gasteiger partial charge >= 0.3 is 6.36 Å². The van der Waals surface area contributed by atoms with Crippen LogP contribution in [0.4, 0.5) is 13.2 Å². The molecule has 1 aromatic carbocycles. The van der Waals surface area contributed by atoms with E-state index in [1.807, 2.05) is 0 Å². The van der Waals surface area contributed by atoms with E-state index in [9.17, 15) is 27.1 Å². The maximum Gasteiger partial charge on any atom is 0.573 e. The molecule has 0 aromatic heterocycles. The van der Waals surface area contributed by atoms with Crippen LogP contribution in [0.3, 0.4) is 0 Å². The highest BCUT2D eigenvalue weighted by Gasteiger charge is 2.42. The molecule has 0 bridgehead atoms. The highest BCUT2D eigenvalue weighted by atomic mass is 79.9. The average molecular weight is 404 g/mol. The minimum absolute atomic E-state index is 0.0779. The van der Waals surface area contributed by atoms with E-state index in [0.29, 0.717) is 11.8 Å². The Bertz CT molecular complexity index is 582. The van der Waals surface area contributed by atoms with Crippen molar-refractivity contribution in [1.29, 1.82) is 0 Å². The van der Waals surface area contributed by atoms with Gasteiger partial charge in [0.25, 0.3) is 5.91 Å². The van der Waals surface area contributed by atoms with Crippen molar-refractivity contribution in [2.24, 2.45) is 0 Å². The summed E-state index contributed by atoms with van der Waals surface area (Å²) in [5.41, 5.74) is -0.180. The predicted molar refractivity (Wildman–Crippen MR) is 78.3 cm³/mol. The molecule has 1 amide bonds. The first-order chi connectivity index (χ1) is 10.2. The lowest BCUT2D eigenvalue weighted by molar-refractivity contribution is -0.274. The highest BCUT2D eigenvalue weighted by Crippen LogP contribution is 2.59. The van der Waals surface area contributed by atoms with Gasteiger partial charge in [-0.3, -0.25) is 13.9 Å². The molecule has 1 aliphatic rings. The summed E-state index contributed by atoms with van der Waals surface area (Å²) < 4.78 is 61.6. The number of hydrogen-bond donors (Lipinski definition) is 2. The number of rotatable bonds is 5. The number of hydrogen-bond acceptors (Lipinski definition) is 4. The van der Waals surface area contributed by atoms with Crippen LogP contribution in [0.25, 0.3) is 0 Å². The van der Waals surface area contributed by atoms with E-state index in [0.717, 1.165) is 28.9 Å². The fourth-order valence-corrected chi connectivity index (χ4v) is 4.10. The molecule has 2 rings (SSSR count). The third-order valence-electron chi connectivity index (χ3n) is 2.99. The number of alkyl halides is 4. The van der Waals surface area contributed by atoms with Gasteiger partial charge in [-0.15, -0.1) is 13.2 Å². The second-order valence-electron chi connectivity index (χ2n) is 4.53. The molecule has 124 valence electrons. The Labute approximate surface area is 134 Å². The van der Waals surface area contributed by atoms with Crippen LogP contribution in [-0.4, -0.2) is 37.6 Å². The van der Waals surface area contributed by atoms with E-state index >= 15 is 0 Å². The van der Waals surface area contributed by atoms with E-state index in [1.54, 1.807) is 0 Å². The van der Waals surface area contributed by atoms with Crippen LogP contribution >= 0.6 is 26.7 Å². The van der Waals surface area contributed by atoms with Gasteiger partial charge in [0.15, 0.2) is 0 Å². The van der Waals surface area contributed by atoms with Crippen molar-refractivity contribution >= 4 is 32.6 Å². The molecule has 0 aliphatic carbocycles. The summed E-state index contributed by atoms with van der Waals surface area (Å²) in [6.45, 7) is 0.108. The Morgan fingerprint density at radius 1 is 1.27 bits per heavy atom. The zero-order valence-corrected chi connectivity index (χ0v) is 13.5. The average Bonchev–Trinajstić information content (AvgIpc) is 2.57. The molecule has 0 fully saturated rings. The summed E-state index contributed by atoms with van der Waals surface area (Å²) in [7, 11) is -3.50. The summed E-state index contributed by atoms with van der Waals surface area (Å²) >= 11 is 3.22. The number of unbranched alkanes of at least 4 members (excludes halogenated alkanes) is 1. The van der Waals surface area contributed by atoms with Crippen LogP contribution in [0.5, 0.6) is 5.75 Å². The predicted octanol–water partition coefficient (Wildman–Crippen LogP) is 4.24. The van der Waals surface area contributed by atoms with Crippen LogP contribution < -0.4 is 4.74 Å². The molecular formula is C12H13BrF3NO4S. The topological polar surface area (TPSA) is 70.0 Å². The zero-order chi connectivity index (χ0) is 16.5. The first-order valence-corrected chi connectivity index (χ1v) is 8.85. The highest BCUT2D eigenvalue weighted by molar-refractivity contribution is 9.09. The first-order valence-electron chi connectivity index (χ1n) is 6.23. The Morgan fingerprint density at radius 2 is 1.95 bits per heavy atom. The fraction of sp³-hybridized carbons (Fsp3) is 0.417. The minimum atomic E-state index is -4.88. The number of ether oxygens (including phenoxy) is 1. The molecule has 0 saturated heterocycles. The Hall–Kier alpha value is -0.970. The van der Waals surface area contributed by atoms with E-state index in [-0.39, 0.29) is 17.0 Å². The number of amides is 1. The lowest BCUT2D eigenvalue weighted by Gasteiger charge is -2.36. The van der Waals surface area contributed by atoms with Crippen LogP contribution in [0, 0.1) is 0 Å². The van der Waals surface area contributed by atoms with Crippen molar-refractivity contribution in [3.8, 4) is 5.75 Å². The smallest absolute Gasteiger partial charge is 0.406 e. The van der Waals surface area contributed by atoms with Gasteiger partial charge < -0.3 is 4.74 Å². The van der Waals surface area contributed by atoms with Gasteiger partial charge in [0, 0.05) is 11.9 Å². The monoisotopic (exact) mass is 403 g/mol. The maximum absolute atomic E-state index is 12.2. The fourth-order valence-electron chi connectivity index (χ4n) is 2.06. The standard InChI is InChI=1S/C12H13BrF3NO4S/c13-5-1-2-6-17-11(18)9-7-8(21-12(14,15)16)3-4-10(9)22(17,19)20/h3-4,7,19-20H,1-2,5-6H2. The maximum atomic E-state index is 12.2. The zero-order valence-electron chi connectivity index (χ0n) is 11.1. The molecule has 2 N–H and O–H groups in total. The lowest BCUT2D eigenvalue weighted by atomic mass is 10.2. The first kappa shape index (κ1) is 17.4. The van der Waals surface area contributed by atoms with E-state index in [2.05, 4.69) is 20.7 Å². The number of nitrogens with zero attached hydrogens (tertiary/aromatic N) is 1. The Kier molecular flexibility index (Phi) is 4.95. The number of halogens is 4. The summed E-state index contributed by atoms with van der Waals surface area (Å²) in [5, 5.41) is 0.699. The van der Waals surface area contributed by atoms with Crippen molar-refractivity contribution in [3.63, 3.8) is 0 Å². The lowest BCUT2D eigenvalue weighted by Crippen LogP contribution is -2.28. The van der Waals surface area contributed by atoms with Gasteiger partial charge in [-0.1, -0.05) is 26.7 Å². The van der Waals surface area contributed by atoms with Crippen LogP contribution in [0.2, 0.25) is 0 Å². The van der Waals surface area contributed by atoms with Gasteiger partial charge in [0.2, 0.25) is 0 Å². The third-order valence-corrected chi connectivity index (χ3v) is 5.46. The summed E-state index contributed by atoms with van der Waals surface area (Å²) in [5.74, 6) is -1.28. The minimum Gasteiger partial charge on any atom is -0.406 e. The number of benzene rings is 1. The van der Waals surface area contributed by atoms with E-state index in [1.165, 1.54) is 0 Å². The molecule has 10 heteroatoms. The number of carbonyl (C=O) groups excluding carboxylic acids is 1. The van der Waals surface area contributed by atoms with Gasteiger partial charge in [0.05, 0.1) is 10.5 Å². The van der Waals surface area contributed by atoms with Crippen LogP contribution in [-0.2, 0) is 0 Å². The quantitative estimate of drug-likeness (QED) is 0.569. The van der Waals surface area contributed by atoms with Crippen molar-refractivity contribution in [2.75, 3.05) is 11.9 Å². The second-order valence-corrected chi connectivity index (χ2v) is 7.24. The number of fused-ring (bicyclic) bond motifs is 1. The second kappa shape index (κ2) is 6.26. The summed E-state index contributed by atoms with van der Waals surface area (Å²) in [6, 6.07) is 2.91. The van der Waals surface area contributed by atoms with E-state index in [4.69, 9.17) is 0 Å². The summed E-state index contributed by atoms with van der Waals surface area (Å²) in [4.78, 5) is 12.1. The molecule has 0 unspecified atom stereocenters. The Morgan fingerprint density at radius 3 is 2.55 bits per heavy atom. The van der Waals surface area contributed by atoms with Crippen LogP contribution in [0.1, 0.15) is 23.2 Å². The molecule has 0 radical (unpaired) electrons. The molecule has 1 aromatic rings.